The molecular weight excluding hydrogens is 102 g/mol. The first-order valence-corrected chi connectivity index (χ1v) is 0.236. The van der Waals surface area contributed by atoms with Crippen LogP contribution in [0.3, 0.4) is 0 Å². The van der Waals surface area contributed by atoms with Crippen molar-refractivity contribution in [1.29, 1.82) is 0 Å². The minimum Gasteiger partial charge on any atom is 0 e. The second-order valence-corrected chi connectivity index (χ2v) is 0. The van der Waals surface area contributed by atoms with Gasteiger partial charge in [0.2, 0.25) is 0 Å². The Morgan fingerprint density at radius 3 is 1.25 bits per heavy atom. The largest absolute Gasteiger partial charge is 0 e. The molecule has 0 N–H and O–H groups in total. The maximum atomic E-state index is 7.75. The van der Waals surface area contributed by atoms with Gasteiger partial charge in [-0.3, -0.25) is 0 Å². The molecular formula is H3AlBOTi. The molecule has 1 radical (unpaired) electrons. The molecule has 4 heteroatoms. The Kier molecular flexibility index (Phi) is 156. The van der Waals surface area contributed by atoms with Crippen LogP contribution in [-0.4, -0.2) is 25.1 Å². The van der Waals surface area contributed by atoms with Crippen molar-refractivity contribution in [2.24, 2.45) is 0 Å². The van der Waals surface area contributed by atoms with Gasteiger partial charge in [-0.1, -0.05) is 0 Å². The van der Waals surface area contributed by atoms with E-state index in [4.69, 9.17) is 4.70 Å². The van der Waals surface area contributed by atoms with Gasteiger partial charge in [-0.05, 0) is 0 Å². The van der Waals surface area contributed by atoms with E-state index in [1.165, 1.54) is 0 Å². The molecule has 0 aromatic heterocycles. The van der Waals surface area contributed by atoms with Crippen LogP contribution < -0.4 is 0 Å². The summed E-state index contributed by atoms with van der Waals surface area (Å²) in [7, 11) is 3.25. The Morgan fingerprint density at radius 2 is 1.25 bits per heavy atom. The fraction of sp³-hybridized carbons (Fsp3) is 0. The van der Waals surface area contributed by atoms with Crippen LogP contribution in [-0.2, 0) is 26.4 Å². The molecule has 0 bridgehead atoms. The van der Waals surface area contributed by atoms with Crippen molar-refractivity contribution in [2.45, 2.75) is 0 Å². The Morgan fingerprint density at radius 1 is 1.25 bits per heavy atom. The summed E-state index contributed by atoms with van der Waals surface area (Å²) in [5.41, 5.74) is 0. The number of rotatable bonds is 0. The van der Waals surface area contributed by atoms with Crippen LogP contribution >= 0.6 is 0 Å². The van der Waals surface area contributed by atoms with Crippen molar-refractivity contribution in [2.75, 3.05) is 0 Å². The molecule has 0 atom stereocenters. The molecule has 0 saturated heterocycles. The van der Waals surface area contributed by atoms with Gasteiger partial charge in [-0.15, -0.1) is 0 Å². The molecule has 0 rings (SSSR count). The van der Waals surface area contributed by atoms with E-state index < -0.39 is 0 Å². The van der Waals surface area contributed by atoms with Gasteiger partial charge >= 0.3 is 12.4 Å². The summed E-state index contributed by atoms with van der Waals surface area (Å²) in [4.78, 5) is 0. The van der Waals surface area contributed by atoms with E-state index in [0.29, 0.717) is 0 Å². The van der Waals surface area contributed by atoms with Gasteiger partial charge in [0.1, 0.15) is 0 Å². The number of hydrogen-bond donors (Lipinski definition) is 0. The fourth-order valence-corrected chi connectivity index (χ4v) is 0. The summed E-state index contributed by atoms with van der Waals surface area (Å²) in [5, 5.41) is 0. The first kappa shape index (κ1) is 19.4. The molecule has 0 fully saturated rings. The summed E-state index contributed by atoms with van der Waals surface area (Å²) >= 11 is 0. The fourth-order valence-electron chi connectivity index (χ4n) is 0. The van der Waals surface area contributed by atoms with Gasteiger partial charge < -0.3 is 0 Å². The van der Waals surface area contributed by atoms with Gasteiger partial charge in [-0.2, -0.15) is 0 Å². The first-order chi connectivity index (χ1) is 1.00. The van der Waals surface area contributed by atoms with Crippen molar-refractivity contribution in [1.82, 2.24) is 0 Å². The Hall–Kier alpha value is 1.11. The van der Waals surface area contributed by atoms with E-state index in [-0.39, 0.29) is 39.1 Å². The van der Waals surface area contributed by atoms with E-state index in [2.05, 4.69) is 7.72 Å². The quantitative estimate of drug-likeness (QED) is 0.336. The zero-order chi connectivity index (χ0) is 2.00. The van der Waals surface area contributed by atoms with Crippen molar-refractivity contribution in [3.63, 3.8) is 0 Å². The normalized spacial score (nSPS) is 0.750. The standard InChI is InChI=1S/Al.BO.Ti.3H/c;1-2;;;;. The molecule has 4 heavy (non-hydrogen) atoms. The Labute approximate surface area is 51.6 Å². The van der Waals surface area contributed by atoms with Crippen molar-refractivity contribution >= 4 is 25.1 Å². The van der Waals surface area contributed by atoms with Gasteiger partial charge in [0, 0.05) is 21.7 Å². The molecule has 0 aliphatic rings. The summed E-state index contributed by atoms with van der Waals surface area (Å²) in [6.45, 7) is 0. The van der Waals surface area contributed by atoms with Crippen molar-refractivity contribution in [3.8, 4) is 0 Å². The van der Waals surface area contributed by atoms with Gasteiger partial charge in [0.05, 0.1) is 0 Å². The molecule has 0 aliphatic heterocycles. The maximum Gasteiger partial charge on any atom is 0 e. The molecule has 0 amide bonds. The van der Waals surface area contributed by atoms with Gasteiger partial charge in [-0.25, -0.2) is 0 Å². The third-order valence-electron chi connectivity index (χ3n) is 0. The second kappa shape index (κ2) is 32.2. The molecule has 0 unspecified atom stereocenters. The zero-order valence-electron chi connectivity index (χ0n) is 1.49. The average Bonchev–Trinajstić information content (AvgIpc) is 1.00. The molecule has 0 aliphatic carbocycles. The van der Waals surface area contributed by atoms with E-state index >= 15 is 0 Å². The zero-order valence-corrected chi connectivity index (χ0v) is 3.05. The van der Waals surface area contributed by atoms with E-state index in [9.17, 15) is 0 Å². The summed E-state index contributed by atoms with van der Waals surface area (Å²) in [5.74, 6) is 0. The minimum absolute atomic E-state index is 0. The van der Waals surface area contributed by atoms with Crippen molar-refractivity contribution in [3.05, 3.63) is 0 Å². The monoisotopic (exact) mass is 105 g/mol. The summed E-state index contributed by atoms with van der Waals surface area (Å²) in [6, 6.07) is 0. The van der Waals surface area contributed by atoms with Crippen LogP contribution in [0.25, 0.3) is 0 Å². The molecule has 0 saturated carbocycles. The molecule has 1 nitrogen and oxygen atoms in total. The molecule has 19 valence electrons. The van der Waals surface area contributed by atoms with Crippen LogP contribution in [0.2, 0.25) is 0 Å². The second-order valence-electron chi connectivity index (χ2n) is 0. The molecule has 0 heterocycles. The van der Waals surface area contributed by atoms with Crippen LogP contribution in [0.5, 0.6) is 0 Å². The van der Waals surface area contributed by atoms with Crippen LogP contribution in [0.1, 0.15) is 0 Å². The third kappa shape index (κ3) is 11.2. The molecule has 0 aromatic carbocycles. The summed E-state index contributed by atoms with van der Waals surface area (Å²) in [6.07, 6.45) is 0. The van der Waals surface area contributed by atoms with E-state index in [0.717, 1.165) is 0 Å². The topological polar surface area (TPSA) is 17.1 Å². The van der Waals surface area contributed by atoms with Crippen molar-refractivity contribution < 1.29 is 26.4 Å². The number of hydrogen-bond acceptors (Lipinski definition) is 1. The Balaban J connectivity index is -0.00000000500. The predicted octanol–water partition coefficient (Wildman–Crippen LogP) is -1.69. The Bertz CT molecular complexity index is 8.00. The van der Waals surface area contributed by atoms with Gasteiger partial charge in [0.25, 0.3) is 0 Å². The third-order valence-corrected chi connectivity index (χ3v) is 0. The SMILES string of the molecule is [AlH3].[B]=O.[Ti]. The maximum absolute atomic E-state index is 7.75. The van der Waals surface area contributed by atoms with E-state index in [1.807, 2.05) is 0 Å². The smallest absolute Gasteiger partial charge is 0 e. The summed E-state index contributed by atoms with van der Waals surface area (Å²) < 4.78 is 7.75. The van der Waals surface area contributed by atoms with Crippen LogP contribution in [0.4, 0.5) is 0 Å². The van der Waals surface area contributed by atoms with Crippen LogP contribution in [0.15, 0.2) is 0 Å². The average molecular weight is 105 g/mol. The first-order valence-electron chi connectivity index (χ1n) is 0.236. The van der Waals surface area contributed by atoms with E-state index in [1.54, 1.807) is 0 Å². The molecule has 0 aromatic rings. The predicted molar refractivity (Wildman–Crippen MR) is 16.4 cm³/mol. The van der Waals surface area contributed by atoms with Gasteiger partial charge in [0.15, 0.2) is 17.4 Å². The minimum atomic E-state index is 0. The van der Waals surface area contributed by atoms with Crippen LogP contribution in [0, 0.1) is 0 Å². The molecule has 0 spiro atoms.